The van der Waals surface area contributed by atoms with E-state index < -0.39 is 23.9 Å². The summed E-state index contributed by atoms with van der Waals surface area (Å²) in [5.41, 5.74) is 0. The summed E-state index contributed by atoms with van der Waals surface area (Å²) in [4.78, 5) is 37.5. The molecule has 0 aromatic rings. The predicted molar refractivity (Wildman–Crippen MR) is 72.8 cm³/mol. The van der Waals surface area contributed by atoms with Crippen LogP contribution in [-0.2, 0) is 19.1 Å². The van der Waals surface area contributed by atoms with Crippen molar-refractivity contribution < 1.29 is 29.0 Å². The van der Waals surface area contributed by atoms with Crippen LogP contribution in [0.4, 0.5) is 4.79 Å². The predicted octanol–water partition coefficient (Wildman–Crippen LogP) is 0.0228. The van der Waals surface area contributed by atoms with Crippen LogP contribution in [-0.4, -0.2) is 79.4 Å². The highest BCUT2D eigenvalue weighted by atomic mass is 16.5. The van der Waals surface area contributed by atoms with Crippen LogP contribution in [0.15, 0.2) is 0 Å². The maximum atomic E-state index is 12.4. The van der Waals surface area contributed by atoms with E-state index in [2.05, 4.69) is 4.74 Å². The molecule has 1 N–H and O–H groups in total. The molecule has 21 heavy (non-hydrogen) atoms. The van der Waals surface area contributed by atoms with Crippen LogP contribution in [0.3, 0.4) is 0 Å². The van der Waals surface area contributed by atoms with E-state index in [1.54, 1.807) is 14.0 Å². The normalized spacial score (nSPS) is 19.8. The van der Waals surface area contributed by atoms with E-state index in [-0.39, 0.29) is 25.6 Å². The van der Waals surface area contributed by atoms with E-state index in [1.165, 1.54) is 16.9 Å². The molecule has 0 saturated carbocycles. The molecule has 1 heterocycles. The summed E-state index contributed by atoms with van der Waals surface area (Å²) >= 11 is 0. The lowest BCUT2D eigenvalue weighted by Gasteiger charge is -2.37. The standard InChI is InChI=1S/C13H22N2O6/c1-9(12(18)20-3)7-14(2)13(19)15-4-5-21-8-10(15)6-11(16)17/h9-10H,4-8H2,1-3H3,(H,16,17). The lowest BCUT2D eigenvalue weighted by molar-refractivity contribution is -0.145. The van der Waals surface area contributed by atoms with Gasteiger partial charge in [-0.2, -0.15) is 0 Å². The maximum absolute atomic E-state index is 12.4. The van der Waals surface area contributed by atoms with Crippen LogP contribution in [0.5, 0.6) is 0 Å². The molecule has 2 amide bonds. The number of methoxy groups -OCH3 is 1. The lowest BCUT2D eigenvalue weighted by atomic mass is 10.1. The van der Waals surface area contributed by atoms with Crippen molar-refractivity contribution >= 4 is 18.0 Å². The van der Waals surface area contributed by atoms with Crippen LogP contribution < -0.4 is 0 Å². The fourth-order valence-corrected chi connectivity index (χ4v) is 2.26. The topological polar surface area (TPSA) is 96.4 Å². The molecule has 8 heteroatoms. The maximum Gasteiger partial charge on any atom is 0.320 e. The van der Waals surface area contributed by atoms with Gasteiger partial charge in [0.05, 0.1) is 38.7 Å². The number of ether oxygens (including phenoxy) is 2. The lowest BCUT2D eigenvalue weighted by Crippen LogP contribution is -2.54. The van der Waals surface area contributed by atoms with Crippen molar-refractivity contribution in [3.8, 4) is 0 Å². The Morgan fingerprint density at radius 1 is 1.48 bits per heavy atom. The number of hydrogen-bond acceptors (Lipinski definition) is 5. The Balaban J connectivity index is 2.65. The van der Waals surface area contributed by atoms with E-state index in [1.807, 2.05) is 0 Å². The van der Waals surface area contributed by atoms with Gasteiger partial charge in [-0.05, 0) is 0 Å². The molecular weight excluding hydrogens is 280 g/mol. The Hall–Kier alpha value is -1.83. The van der Waals surface area contributed by atoms with Gasteiger partial charge in [-0.3, -0.25) is 9.59 Å². The molecule has 1 aliphatic heterocycles. The van der Waals surface area contributed by atoms with Gasteiger partial charge >= 0.3 is 18.0 Å². The summed E-state index contributed by atoms with van der Waals surface area (Å²) in [6.45, 7) is 2.81. The third-order valence-corrected chi connectivity index (χ3v) is 3.36. The zero-order valence-electron chi connectivity index (χ0n) is 12.6. The number of carbonyl (C=O) groups is 3. The fourth-order valence-electron chi connectivity index (χ4n) is 2.26. The molecule has 120 valence electrons. The molecule has 2 unspecified atom stereocenters. The zero-order chi connectivity index (χ0) is 16.0. The van der Waals surface area contributed by atoms with Crippen molar-refractivity contribution in [2.75, 3.05) is 40.5 Å². The first kappa shape index (κ1) is 17.2. The smallest absolute Gasteiger partial charge is 0.320 e. The van der Waals surface area contributed by atoms with Gasteiger partial charge in [0.1, 0.15) is 0 Å². The van der Waals surface area contributed by atoms with Crippen LogP contribution in [0, 0.1) is 5.92 Å². The van der Waals surface area contributed by atoms with E-state index in [0.717, 1.165) is 0 Å². The van der Waals surface area contributed by atoms with E-state index in [9.17, 15) is 14.4 Å². The molecule has 0 aromatic carbocycles. The molecule has 1 aliphatic rings. The summed E-state index contributed by atoms with van der Waals surface area (Å²) in [5.74, 6) is -1.81. The number of rotatable bonds is 5. The second-order valence-electron chi connectivity index (χ2n) is 5.11. The average Bonchev–Trinajstić information content (AvgIpc) is 2.45. The molecule has 0 aromatic heterocycles. The first-order valence-corrected chi connectivity index (χ1v) is 6.76. The molecule has 8 nitrogen and oxygen atoms in total. The number of morpholine rings is 1. The summed E-state index contributed by atoms with van der Waals surface area (Å²) in [5, 5.41) is 8.89. The van der Waals surface area contributed by atoms with Crippen LogP contribution in [0.25, 0.3) is 0 Å². The molecule has 0 aliphatic carbocycles. The zero-order valence-corrected chi connectivity index (χ0v) is 12.6. The number of hydrogen-bond donors (Lipinski definition) is 1. The number of amides is 2. The van der Waals surface area contributed by atoms with Gasteiger partial charge < -0.3 is 24.4 Å². The minimum absolute atomic E-state index is 0.161. The van der Waals surface area contributed by atoms with Crippen molar-refractivity contribution in [3.63, 3.8) is 0 Å². The molecule has 0 radical (unpaired) electrons. The Labute approximate surface area is 123 Å². The molecule has 1 rings (SSSR count). The van der Waals surface area contributed by atoms with Crippen LogP contribution in [0.2, 0.25) is 0 Å². The fraction of sp³-hybridized carbons (Fsp3) is 0.769. The van der Waals surface area contributed by atoms with Crippen molar-refractivity contribution in [1.29, 1.82) is 0 Å². The molecule has 0 bridgehead atoms. The monoisotopic (exact) mass is 302 g/mol. The van der Waals surface area contributed by atoms with Gasteiger partial charge in [-0.25, -0.2) is 4.79 Å². The summed E-state index contributed by atoms with van der Waals surface area (Å²) < 4.78 is 9.85. The Kier molecular flexibility index (Phi) is 6.41. The molecule has 1 fully saturated rings. The van der Waals surface area contributed by atoms with Gasteiger partial charge in [0.25, 0.3) is 0 Å². The Bertz CT molecular complexity index is 400. The Morgan fingerprint density at radius 3 is 2.71 bits per heavy atom. The summed E-state index contributed by atoms with van der Waals surface area (Å²) in [6.07, 6.45) is -0.161. The van der Waals surface area contributed by atoms with Gasteiger partial charge in [0.15, 0.2) is 0 Å². The number of carbonyl (C=O) groups excluding carboxylic acids is 2. The minimum Gasteiger partial charge on any atom is -0.481 e. The summed E-state index contributed by atoms with van der Waals surface area (Å²) in [7, 11) is 2.88. The second kappa shape index (κ2) is 7.82. The molecule has 1 saturated heterocycles. The van der Waals surface area contributed by atoms with Crippen LogP contribution >= 0.6 is 0 Å². The number of nitrogens with zero attached hydrogens (tertiary/aromatic N) is 2. The van der Waals surface area contributed by atoms with E-state index in [4.69, 9.17) is 9.84 Å². The Morgan fingerprint density at radius 2 is 2.14 bits per heavy atom. The molecule has 0 spiro atoms. The summed E-state index contributed by atoms with van der Waals surface area (Å²) in [6, 6.07) is -0.792. The third-order valence-electron chi connectivity index (χ3n) is 3.36. The van der Waals surface area contributed by atoms with Crippen molar-refractivity contribution in [1.82, 2.24) is 9.80 Å². The molecule has 2 atom stereocenters. The molecular formula is C13H22N2O6. The largest absolute Gasteiger partial charge is 0.481 e. The van der Waals surface area contributed by atoms with Crippen LogP contribution in [0.1, 0.15) is 13.3 Å². The first-order valence-electron chi connectivity index (χ1n) is 6.76. The van der Waals surface area contributed by atoms with Gasteiger partial charge in [0, 0.05) is 20.1 Å². The number of aliphatic carboxylic acids is 1. The first-order chi connectivity index (χ1) is 9.86. The number of urea groups is 1. The average molecular weight is 302 g/mol. The highest BCUT2D eigenvalue weighted by molar-refractivity contribution is 5.77. The quantitative estimate of drug-likeness (QED) is 0.719. The second-order valence-corrected chi connectivity index (χ2v) is 5.11. The van der Waals surface area contributed by atoms with Gasteiger partial charge in [-0.15, -0.1) is 0 Å². The van der Waals surface area contributed by atoms with E-state index >= 15 is 0 Å². The highest BCUT2D eigenvalue weighted by Crippen LogP contribution is 2.14. The highest BCUT2D eigenvalue weighted by Gasteiger charge is 2.31. The number of carboxylic acids is 1. The number of esters is 1. The minimum atomic E-state index is -0.978. The van der Waals surface area contributed by atoms with Crippen molar-refractivity contribution in [2.24, 2.45) is 5.92 Å². The van der Waals surface area contributed by atoms with E-state index in [0.29, 0.717) is 13.2 Å². The van der Waals surface area contributed by atoms with Gasteiger partial charge in [-0.1, -0.05) is 6.92 Å². The third kappa shape index (κ3) is 4.89. The van der Waals surface area contributed by atoms with Crippen molar-refractivity contribution in [2.45, 2.75) is 19.4 Å². The van der Waals surface area contributed by atoms with Gasteiger partial charge in [0.2, 0.25) is 0 Å². The van der Waals surface area contributed by atoms with Crippen molar-refractivity contribution in [3.05, 3.63) is 0 Å². The SMILES string of the molecule is COC(=O)C(C)CN(C)C(=O)N1CCOCC1CC(=O)O. The number of carboxylic acid groups (broad SMARTS) is 1.